The Hall–Kier alpha value is -7.20. The van der Waals surface area contributed by atoms with Gasteiger partial charge in [0.2, 0.25) is 35.3 Å². The zero-order valence-corrected chi connectivity index (χ0v) is 40.7. The van der Waals surface area contributed by atoms with Crippen LogP contribution in [0.5, 0.6) is 0 Å². The third kappa shape index (κ3) is 20.7. The predicted octanol–water partition coefficient (Wildman–Crippen LogP) is 3.22. The van der Waals surface area contributed by atoms with Gasteiger partial charge in [-0.2, -0.15) is 13.2 Å². The van der Waals surface area contributed by atoms with E-state index < -0.39 is 157 Å². The van der Waals surface area contributed by atoms with Crippen LogP contribution in [0.4, 0.5) is 18.9 Å². The number of aryl methyl sites for hydroxylation is 3. The van der Waals surface area contributed by atoms with Crippen LogP contribution in [-0.2, 0) is 59.2 Å². The van der Waals surface area contributed by atoms with Crippen molar-refractivity contribution in [2.75, 3.05) is 5.32 Å². The van der Waals surface area contributed by atoms with Gasteiger partial charge in [-0.3, -0.25) is 52.7 Å². The first-order valence-electron chi connectivity index (χ1n) is 22.5. The fourth-order valence-electron chi connectivity index (χ4n) is 7.20. The summed E-state index contributed by atoms with van der Waals surface area (Å²) in [4.78, 5) is 144. The largest absolute Gasteiger partial charge is 0.481 e. The minimum atomic E-state index is -5.13. The molecule has 390 valence electrons. The molecule has 0 bridgehead atoms. The van der Waals surface area contributed by atoms with E-state index in [1.165, 1.54) is 26.8 Å². The molecule has 20 nitrogen and oxygen atoms in total. The molecule has 0 aliphatic heterocycles. The van der Waals surface area contributed by atoms with Gasteiger partial charge < -0.3 is 47.2 Å². The molecule has 0 saturated heterocycles. The van der Waals surface area contributed by atoms with Gasteiger partial charge in [0.15, 0.2) is 5.78 Å². The zero-order valence-electron chi connectivity index (χ0n) is 40.7. The van der Waals surface area contributed by atoms with Gasteiger partial charge in [0, 0.05) is 24.9 Å². The number of carbonyl (C=O) groups excluding carboxylic acids is 8. The van der Waals surface area contributed by atoms with Crippen molar-refractivity contribution in [2.45, 2.75) is 143 Å². The molecule has 0 fully saturated rings. The smallest absolute Gasteiger partial charge is 0.390 e. The number of ketones is 2. The highest BCUT2D eigenvalue weighted by atomic mass is 19.4. The van der Waals surface area contributed by atoms with Gasteiger partial charge >= 0.3 is 24.1 Å². The number of amides is 6. The van der Waals surface area contributed by atoms with Gasteiger partial charge in [0.1, 0.15) is 24.2 Å². The first-order chi connectivity index (χ1) is 32.8. The number of aliphatic carboxylic acids is 3. The molecule has 0 aliphatic carbocycles. The summed E-state index contributed by atoms with van der Waals surface area (Å²) in [5, 5.41) is 41.7. The van der Waals surface area contributed by atoms with E-state index in [1.54, 1.807) is 71.0 Å². The summed E-state index contributed by atoms with van der Waals surface area (Å²) in [5.41, 5.74) is 1.22. The van der Waals surface area contributed by atoms with Gasteiger partial charge in [0.05, 0.1) is 31.2 Å². The van der Waals surface area contributed by atoms with E-state index in [0.29, 0.717) is 16.7 Å². The molecule has 0 aromatic heterocycles. The summed E-state index contributed by atoms with van der Waals surface area (Å²) in [7, 11) is 0. The van der Waals surface area contributed by atoms with Crippen molar-refractivity contribution in [3.63, 3.8) is 0 Å². The topological polar surface area (TPSA) is 321 Å². The monoisotopic (exact) mass is 1000 g/mol. The number of anilines is 1. The molecule has 9 N–H and O–H groups in total. The molecule has 0 saturated carbocycles. The third-order valence-electron chi connectivity index (χ3n) is 10.9. The highest BCUT2D eigenvalue weighted by Gasteiger charge is 2.45. The van der Waals surface area contributed by atoms with Gasteiger partial charge in [-0.1, -0.05) is 76.6 Å². The molecule has 0 spiro atoms. The van der Waals surface area contributed by atoms with Crippen molar-refractivity contribution in [3.05, 3.63) is 64.7 Å². The van der Waals surface area contributed by atoms with Crippen LogP contribution in [0.15, 0.2) is 42.5 Å². The average Bonchev–Trinajstić information content (AvgIpc) is 3.24. The van der Waals surface area contributed by atoms with Crippen LogP contribution < -0.4 is 31.9 Å². The van der Waals surface area contributed by atoms with Crippen molar-refractivity contribution in [1.82, 2.24) is 26.6 Å². The number of hydrogen-bond donors (Lipinski definition) is 9. The lowest BCUT2D eigenvalue weighted by molar-refractivity contribution is -0.162. The maximum Gasteiger partial charge on any atom is 0.390 e. The quantitative estimate of drug-likeness (QED) is 0.0459. The third-order valence-corrected chi connectivity index (χ3v) is 10.9. The summed E-state index contributed by atoms with van der Waals surface area (Å²) in [6, 6.07) is 2.48. The Kier molecular flexibility index (Phi) is 22.5. The normalized spacial score (nSPS) is 14.0. The van der Waals surface area contributed by atoms with Crippen LogP contribution in [-0.4, -0.2) is 117 Å². The summed E-state index contributed by atoms with van der Waals surface area (Å²) in [5.74, 6) is -17.8. The molecular weight excluding hydrogens is 942 g/mol. The summed E-state index contributed by atoms with van der Waals surface area (Å²) < 4.78 is 42.2. The van der Waals surface area contributed by atoms with Crippen LogP contribution >= 0.6 is 0 Å². The van der Waals surface area contributed by atoms with Crippen molar-refractivity contribution >= 4 is 70.6 Å². The van der Waals surface area contributed by atoms with E-state index in [4.69, 9.17) is 5.11 Å². The number of Topliss-reactive ketones (excluding diaryl/α,β-unsaturated/α-hetero) is 2. The van der Waals surface area contributed by atoms with Gasteiger partial charge in [-0.15, -0.1) is 0 Å². The fourth-order valence-corrected chi connectivity index (χ4v) is 7.20. The highest BCUT2D eigenvalue weighted by molar-refractivity contribution is 6.44. The lowest BCUT2D eigenvalue weighted by Gasteiger charge is -2.34. The molecule has 71 heavy (non-hydrogen) atoms. The molecule has 0 radical (unpaired) electrons. The minimum Gasteiger partial charge on any atom is -0.481 e. The van der Waals surface area contributed by atoms with Crippen molar-refractivity contribution in [3.8, 4) is 0 Å². The number of carbonyl (C=O) groups is 11. The number of benzene rings is 2. The maximum absolute atomic E-state index is 14.4. The van der Waals surface area contributed by atoms with E-state index in [-0.39, 0.29) is 18.5 Å². The lowest BCUT2D eigenvalue weighted by atomic mass is 9.84. The second-order valence-electron chi connectivity index (χ2n) is 18.7. The number of carboxylic acids is 3. The van der Waals surface area contributed by atoms with E-state index in [1.807, 2.05) is 0 Å². The van der Waals surface area contributed by atoms with Gasteiger partial charge in [-0.05, 0) is 67.7 Å². The molecule has 2 rings (SSSR count). The van der Waals surface area contributed by atoms with Crippen molar-refractivity contribution < 1.29 is 81.2 Å². The van der Waals surface area contributed by atoms with E-state index in [0.717, 1.165) is 5.56 Å². The molecule has 2 aromatic rings. The Morgan fingerprint density at radius 1 is 0.620 bits per heavy atom. The molecular formula is C48H63F3N6O14. The molecule has 6 atom stereocenters. The SMILES string of the molecule is Cc1ccc(NC(=O)C(=O)C(CC(F)(F)F)C(=O)[C@H](CC(C)C)NC(=O)[C@@H](NC(=O)[C@H](Cc2ccccc2C)NC(=O)[C@H](CCC(=O)O)NC(=O)[C@H](CC(=O)O)NC(=O)CCC(=O)O)C(C)(C)C)c(C)c1. The number of alkyl halides is 3. The van der Waals surface area contributed by atoms with Gasteiger partial charge in [0.25, 0.3) is 5.91 Å². The minimum absolute atomic E-state index is 0.112. The van der Waals surface area contributed by atoms with Crippen LogP contribution in [0, 0.1) is 38.0 Å². The number of carboxylic acid groups (broad SMARTS) is 3. The van der Waals surface area contributed by atoms with Crippen LogP contribution in [0.25, 0.3) is 0 Å². The highest BCUT2D eigenvalue weighted by Crippen LogP contribution is 2.29. The summed E-state index contributed by atoms with van der Waals surface area (Å²) in [6.45, 7) is 12.7. The number of hydrogen-bond acceptors (Lipinski definition) is 11. The van der Waals surface area contributed by atoms with Crippen LogP contribution in [0.3, 0.4) is 0 Å². The molecule has 1 unspecified atom stereocenters. The van der Waals surface area contributed by atoms with E-state index in [2.05, 4.69) is 31.9 Å². The van der Waals surface area contributed by atoms with Crippen LogP contribution in [0.1, 0.15) is 102 Å². The summed E-state index contributed by atoms with van der Waals surface area (Å²) in [6.07, 6.45) is -11.5. The molecule has 0 heterocycles. The Balaban J connectivity index is 2.57. The fraction of sp³-hybridized carbons (Fsp3) is 0.521. The van der Waals surface area contributed by atoms with E-state index in [9.17, 15) is 76.1 Å². The standard InChI is InChI=1S/C48H63F3N6O14/c1-24(2)19-32(39(65)29(23-48(49,50)51)40(66)45(70)53-30-14-13-25(3)20-27(30)5)55-46(71)41(47(6,7)8)57-44(69)33(21-28-12-10-9-11-26(28)4)56-42(67)31(15-17-36(59)60)54-43(68)34(22-38(63)64)52-35(58)16-18-37(61)62/h9-14,20,24,29,31-34,41H,15-19,21-23H2,1-8H3,(H,52,58)(H,53,70)(H,54,68)(H,55,71)(H,56,67)(H,57,69)(H,59,60)(H,61,62)(H,63,64)/t29?,31-,32-,33-,34-,41+/m0/s1. The Labute approximate surface area is 408 Å². The van der Waals surface area contributed by atoms with Crippen molar-refractivity contribution in [2.24, 2.45) is 17.3 Å². The van der Waals surface area contributed by atoms with Crippen molar-refractivity contribution in [1.29, 1.82) is 0 Å². The Morgan fingerprint density at radius 3 is 1.72 bits per heavy atom. The molecule has 6 amide bonds. The lowest BCUT2D eigenvalue weighted by Crippen LogP contribution is -2.62. The van der Waals surface area contributed by atoms with Crippen LogP contribution in [0.2, 0.25) is 0 Å². The molecule has 0 aliphatic rings. The first kappa shape index (κ1) is 59.9. The second-order valence-corrected chi connectivity index (χ2v) is 18.7. The Bertz CT molecular complexity index is 2330. The number of halogens is 3. The molecule has 2 aromatic carbocycles. The number of nitrogens with one attached hydrogen (secondary N) is 6. The predicted molar refractivity (Wildman–Crippen MR) is 248 cm³/mol. The Morgan fingerprint density at radius 2 is 1.18 bits per heavy atom. The number of rotatable bonds is 27. The van der Waals surface area contributed by atoms with Gasteiger partial charge in [-0.25, -0.2) is 0 Å². The first-order valence-corrected chi connectivity index (χ1v) is 22.5. The zero-order chi connectivity index (χ0) is 54.1. The molecule has 23 heteroatoms. The van der Waals surface area contributed by atoms with E-state index >= 15 is 0 Å². The maximum atomic E-state index is 14.4. The average molecular weight is 1010 g/mol. The second kappa shape index (κ2) is 26.7. The summed E-state index contributed by atoms with van der Waals surface area (Å²) >= 11 is 0.